The standard InChI is InChI=1S/C32H33N5O4S/c1-4-40-24-12-10-22(11-13-24)29-28(30(38)34-23-8-6-5-7-9-23)21(2)33-32-37(29)31(39)26(42-32)20-25-14-15-27(41-25)36-18-16-35(3)17-19-36/h5-15,20,29H,4,16-19H2,1-3H3,(H,34,38)/b26-20+. The van der Waals surface area contributed by atoms with Gasteiger partial charge in [0.15, 0.2) is 10.7 Å². The number of fused-ring (bicyclic) bond motifs is 1. The topological polar surface area (TPSA) is 92.3 Å². The van der Waals surface area contributed by atoms with E-state index in [2.05, 4.69) is 22.2 Å². The predicted molar refractivity (Wildman–Crippen MR) is 165 cm³/mol. The summed E-state index contributed by atoms with van der Waals surface area (Å²) in [4.78, 5) is 37.5. The third kappa shape index (κ3) is 5.55. The molecule has 1 amide bonds. The van der Waals surface area contributed by atoms with Crippen LogP contribution in [-0.4, -0.2) is 55.2 Å². The Labute approximate surface area is 247 Å². The molecule has 0 spiro atoms. The lowest BCUT2D eigenvalue weighted by Gasteiger charge is -2.32. The van der Waals surface area contributed by atoms with Gasteiger partial charge in [0.2, 0.25) is 0 Å². The Morgan fingerprint density at radius 2 is 1.81 bits per heavy atom. The van der Waals surface area contributed by atoms with E-state index in [4.69, 9.17) is 14.1 Å². The van der Waals surface area contributed by atoms with Crippen molar-refractivity contribution in [3.8, 4) is 5.75 Å². The first-order valence-corrected chi connectivity index (χ1v) is 14.9. The first-order valence-electron chi connectivity index (χ1n) is 14.1. The Balaban J connectivity index is 1.40. The van der Waals surface area contributed by atoms with Gasteiger partial charge in [-0.1, -0.05) is 41.7 Å². The smallest absolute Gasteiger partial charge is 0.271 e. The Morgan fingerprint density at radius 1 is 1.07 bits per heavy atom. The molecule has 10 heteroatoms. The zero-order valence-corrected chi connectivity index (χ0v) is 24.7. The Morgan fingerprint density at radius 3 is 2.52 bits per heavy atom. The third-order valence-corrected chi connectivity index (χ3v) is 8.49. The molecule has 4 heterocycles. The number of benzene rings is 2. The van der Waals surface area contributed by atoms with E-state index >= 15 is 0 Å². The molecule has 0 radical (unpaired) electrons. The number of amides is 1. The molecule has 0 aliphatic carbocycles. The maximum atomic E-state index is 14.0. The molecule has 2 aliphatic rings. The molecule has 0 bridgehead atoms. The normalized spacial score (nSPS) is 17.6. The van der Waals surface area contributed by atoms with Crippen LogP contribution >= 0.6 is 11.3 Å². The number of thiazole rings is 1. The number of anilines is 2. The molecule has 2 aliphatic heterocycles. The Bertz CT molecular complexity index is 1800. The number of hydrogen-bond donors (Lipinski definition) is 1. The maximum absolute atomic E-state index is 14.0. The molecule has 0 saturated carbocycles. The first kappa shape index (κ1) is 27.7. The van der Waals surface area contributed by atoms with E-state index < -0.39 is 6.04 Å². The van der Waals surface area contributed by atoms with Gasteiger partial charge in [-0.25, -0.2) is 4.99 Å². The summed E-state index contributed by atoms with van der Waals surface area (Å²) in [6.45, 7) is 8.01. The van der Waals surface area contributed by atoms with Crippen molar-refractivity contribution in [1.29, 1.82) is 0 Å². The first-order chi connectivity index (χ1) is 20.4. The highest BCUT2D eigenvalue weighted by atomic mass is 32.1. The van der Waals surface area contributed by atoms with Crippen LogP contribution in [0.25, 0.3) is 6.08 Å². The third-order valence-electron chi connectivity index (χ3n) is 7.51. The molecule has 1 N–H and O–H groups in total. The number of nitrogens with one attached hydrogen (secondary N) is 1. The number of carbonyl (C=O) groups excluding carboxylic acids is 1. The van der Waals surface area contributed by atoms with Crippen LogP contribution in [0.2, 0.25) is 0 Å². The molecule has 2 aromatic carbocycles. The Kier molecular flexibility index (Phi) is 7.82. The van der Waals surface area contributed by atoms with E-state index in [0.29, 0.717) is 38.7 Å². The molecule has 9 nitrogen and oxygen atoms in total. The van der Waals surface area contributed by atoms with Crippen molar-refractivity contribution < 1.29 is 13.9 Å². The van der Waals surface area contributed by atoms with E-state index in [1.807, 2.05) is 80.6 Å². The highest BCUT2D eigenvalue weighted by Crippen LogP contribution is 2.32. The zero-order valence-electron chi connectivity index (χ0n) is 23.9. The minimum absolute atomic E-state index is 0.229. The molecule has 2 aromatic heterocycles. The summed E-state index contributed by atoms with van der Waals surface area (Å²) in [6, 6.07) is 20.0. The molecule has 1 saturated heterocycles. The van der Waals surface area contributed by atoms with Crippen molar-refractivity contribution in [1.82, 2.24) is 9.47 Å². The van der Waals surface area contributed by atoms with Gasteiger partial charge >= 0.3 is 0 Å². The van der Waals surface area contributed by atoms with Crippen LogP contribution < -0.4 is 29.8 Å². The minimum Gasteiger partial charge on any atom is -0.494 e. The SMILES string of the molecule is CCOc1ccc(C2C(C(=O)Nc3ccccc3)=C(C)N=c3s/c(=C/c4ccc(N5CCN(C)CC5)o4)c(=O)n32)cc1. The van der Waals surface area contributed by atoms with Gasteiger partial charge in [0, 0.05) is 44.0 Å². The highest BCUT2D eigenvalue weighted by Gasteiger charge is 2.32. The largest absolute Gasteiger partial charge is 0.494 e. The summed E-state index contributed by atoms with van der Waals surface area (Å²) in [5, 5.41) is 2.98. The second kappa shape index (κ2) is 11.8. The predicted octanol–water partition coefficient (Wildman–Crippen LogP) is 3.62. The van der Waals surface area contributed by atoms with Gasteiger partial charge in [0.25, 0.3) is 11.5 Å². The Hall–Kier alpha value is -4.41. The number of likely N-dealkylation sites (N-methyl/N-ethyl adjacent to an activating group) is 1. The number of rotatable bonds is 7. The van der Waals surface area contributed by atoms with Crippen molar-refractivity contribution in [2.75, 3.05) is 50.1 Å². The second-order valence-electron chi connectivity index (χ2n) is 10.4. The molecular weight excluding hydrogens is 550 g/mol. The van der Waals surface area contributed by atoms with E-state index in [0.717, 1.165) is 43.4 Å². The molecule has 42 heavy (non-hydrogen) atoms. The van der Waals surface area contributed by atoms with Gasteiger partial charge in [0.05, 0.1) is 28.5 Å². The lowest BCUT2D eigenvalue weighted by molar-refractivity contribution is -0.113. The van der Waals surface area contributed by atoms with Gasteiger partial charge in [0.1, 0.15) is 11.5 Å². The number of allylic oxidation sites excluding steroid dienone is 1. The number of piperazine rings is 1. The van der Waals surface area contributed by atoms with Crippen molar-refractivity contribution in [3.05, 3.63) is 109 Å². The van der Waals surface area contributed by atoms with Crippen LogP contribution in [0.4, 0.5) is 11.6 Å². The van der Waals surface area contributed by atoms with Gasteiger partial charge in [-0.2, -0.15) is 0 Å². The summed E-state index contributed by atoms with van der Waals surface area (Å²) < 4.78 is 13.9. The maximum Gasteiger partial charge on any atom is 0.271 e. The summed E-state index contributed by atoms with van der Waals surface area (Å²) in [5.41, 5.74) is 2.20. The van der Waals surface area contributed by atoms with Crippen LogP contribution in [0.1, 0.15) is 31.2 Å². The number of furan rings is 1. The fourth-order valence-corrected chi connectivity index (χ4v) is 6.33. The number of aromatic nitrogens is 1. The van der Waals surface area contributed by atoms with Crippen molar-refractivity contribution in [3.63, 3.8) is 0 Å². The number of nitrogens with zero attached hydrogens (tertiary/aromatic N) is 4. The molecule has 1 fully saturated rings. The molecular formula is C32H33N5O4S. The highest BCUT2D eigenvalue weighted by molar-refractivity contribution is 7.07. The summed E-state index contributed by atoms with van der Waals surface area (Å²) in [6.07, 6.45) is 1.77. The van der Waals surface area contributed by atoms with Crippen LogP contribution in [0.15, 0.2) is 92.2 Å². The van der Waals surface area contributed by atoms with Crippen LogP contribution in [0, 0.1) is 0 Å². The van der Waals surface area contributed by atoms with Gasteiger partial charge in [-0.05, 0) is 56.8 Å². The van der Waals surface area contributed by atoms with Crippen LogP contribution in [0.3, 0.4) is 0 Å². The fourth-order valence-electron chi connectivity index (χ4n) is 5.31. The molecule has 4 aromatic rings. The molecule has 1 unspecified atom stereocenters. The lowest BCUT2D eigenvalue weighted by atomic mass is 9.95. The van der Waals surface area contributed by atoms with Gasteiger partial charge < -0.3 is 24.3 Å². The van der Waals surface area contributed by atoms with Gasteiger partial charge in [-0.15, -0.1) is 0 Å². The molecule has 1 atom stereocenters. The minimum atomic E-state index is -0.666. The molecule has 216 valence electrons. The van der Waals surface area contributed by atoms with E-state index in [1.165, 1.54) is 11.3 Å². The van der Waals surface area contributed by atoms with Gasteiger partial charge in [-0.3, -0.25) is 14.2 Å². The number of hydrogen-bond acceptors (Lipinski definition) is 8. The number of para-hydroxylation sites is 1. The summed E-state index contributed by atoms with van der Waals surface area (Å²) in [5.74, 6) is 1.81. The quantitative estimate of drug-likeness (QED) is 0.358. The van der Waals surface area contributed by atoms with Crippen molar-refractivity contribution >= 4 is 34.9 Å². The number of ether oxygens (including phenoxy) is 1. The van der Waals surface area contributed by atoms with Crippen LogP contribution in [-0.2, 0) is 4.79 Å². The van der Waals surface area contributed by atoms with Crippen molar-refractivity contribution in [2.24, 2.45) is 4.99 Å². The lowest BCUT2D eigenvalue weighted by Crippen LogP contribution is -2.44. The van der Waals surface area contributed by atoms with E-state index in [-0.39, 0.29) is 11.5 Å². The van der Waals surface area contributed by atoms with Crippen LogP contribution in [0.5, 0.6) is 5.75 Å². The zero-order chi connectivity index (χ0) is 29.2. The average Bonchev–Trinajstić information content (AvgIpc) is 3.58. The average molecular weight is 584 g/mol. The van der Waals surface area contributed by atoms with E-state index in [1.54, 1.807) is 10.6 Å². The van der Waals surface area contributed by atoms with E-state index in [9.17, 15) is 9.59 Å². The fraction of sp³-hybridized carbons (Fsp3) is 0.281. The number of carbonyl (C=O) groups is 1. The molecule has 6 rings (SSSR count). The second-order valence-corrected chi connectivity index (χ2v) is 11.4. The summed E-state index contributed by atoms with van der Waals surface area (Å²) >= 11 is 1.29. The monoisotopic (exact) mass is 583 g/mol. The van der Waals surface area contributed by atoms with Crippen molar-refractivity contribution in [2.45, 2.75) is 19.9 Å². The summed E-state index contributed by atoms with van der Waals surface area (Å²) in [7, 11) is 2.11.